The Bertz CT molecular complexity index is 1040. The maximum atomic E-state index is 12.8. The van der Waals surface area contributed by atoms with E-state index in [0.717, 1.165) is 11.3 Å². The molecule has 0 atom stereocenters. The number of nitrogens with one attached hydrogen (secondary N) is 1. The Kier molecular flexibility index (Phi) is 5.73. The zero-order valence-corrected chi connectivity index (χ0v) is 16.6. The first-order valence-electron chi connectivity index (χ1n) is 9.32. The number of ketones is 2. The van der Waals surface area contributed by atoms with Crippen molar-refractivity contribution in [3.05, 3.63) is 70.8 Å². The van der Waals surface area contributed by atoms with Crippen molar-refractivity contribution >= 4 is 34.8 Å². The maximum absolute atomic E-state index is 12.8. The number of fused-ring (bicyclic) bond motifs is 1. The molecule has 0 radical (unpaired) electrons. The molecule has 0 aliphatic carbocycles. The van der Waals surface area contributed by atoms with Crippen LogP contribution in [-0.4, -0.2) is 29.9 Å². The van der Waals surface area contributed by atoms with E-state index < -0.39 is 5.91 Å². The van der Waals surface area contributed by atoms with Gasteiger partial charge >= 0.3 is 0 Å². The van der Waals surface area contributed by atoms with Gasteiger partial charge in [-0.15, -0.1) is 0 Å². The number of nitrogens with zero attached hydrogens (tertiary/aromatic N) is 1. The van der Waals surface area contributed by atoms with Gasteiger partial charge in [-0.05, 0) is 75.2 Å². The van der Waals surface area contributed by atoms with E-state index >= 15 is 0 Å². The zero-order chi connectivity index (χ0) is 21.1. The highest BCUT2D eigenvalue weighted by Crippen LogP contribution is 2.30. The smallest absolute Gasteiger partial charge is 0.254 e. The van der Waals surface area contributed by atoms with Crippen molar-refractivity contribution in [3.63, 3.8) is 0 Å². The molecule has 0 spiro atoms. The summed E-state index contributed by atoms with van der Waals surface area (Å²) >= 11 is 0. The molecular formula is C23H22N2O4. The third kappa shape index (κ3) is 4.48. The first kappa shape index (κ1) is 20.2. The molecule has 2 aromatic carbocycles. The minimum atomic E-state index is -0.419. The molecule has 0 fully saturated rings. The monoisotopic (exact) mass is 390 g/mol. The standard InChI is InChI=1S/C23H22N2O4/c1-14(12-22(28)24-20-7-4-17(5-8-20)15(2)26)23(29)25-11-10-19-13-18(16(3)27)6-9-21(19)25/h4-9,12-13H,10-11H2,1-3H3,(H,24,28)/b14-12-. The fourth-order valence-electron chi connectivity index (χ4n) is 3.27. The molecule has 6 heteroatoms. The fourth-order valence-corrected chi connectivity index (χ4v) is 3.27. The van der Waals surface area contributed by atoms with Crippen LogP contribution in [0.2, 0.25) is 0 Å². The molecule has 29 heavy (non-hydrogen) atoms. The lowest BCUT2D eigenvalue weighted by atomic mass is 10.1. The van der Waals surface area contributed by atoms with E-state index in [9.17, 15) is 19.2 Å². The van der Waals surface area contributed by atoms with Crippen LogP contribution in [0.15, 0.2) is 54.1 Å². The van der Waals surface area contributed by atoms with Gasteiger partial charge in [0.15, 0.2) is 11.6 Å². The van der Waals surface area contributed by atoms with Crippen molar-refractivity contribution in [2.24, 2.45) is 0 Å². The van der Waals surface area contributed by atoms with Crippen LogP contribution in [0.4, 0.5) is 11.4 Å². The van der Waals surface area contributed by atoms with Crippen LogP contribution in [0.5, 0.6) is 0 Å². The lowest BCUT2D eigenvalue weighted by Gasteiger charge is -2.18. The van der Waals surface area contributed by atoms with Crippen molar-refractivity contribution in [2.45, 2.75) is 27.2 Å². The number of amides is 2. The molecule has 1 heterocycles. The molecule has 0 aromatic heterocycles. The quantitative estimate of drug-likeness (QED) is 0.625. The fraction of sp³-hybridized carbons (Fsp3) is 0.217. The van der Waals surface area contributed by atoms with E-state index in [0.29, 0.717) is 35.4 Å². The Labute approximate surface area is 169 Å². The number of benzene rings is 2. The molecule has 0 bridgehead atoms. The van der Waals surface area contributed by atoms with Crippen LogP contribution >= 0.6 is 0 Å². The number of rotatable bonds is 5. The number of hydrogen-bond acceptors (Lipinski definition) is 4. The van der Waals surface area contributed by atoms with Crippen molar-refractivity contribution in [3.8, 4) is 0 Å². The van der Waals surface area contributed by atoms with E-state index in [-0.39, 0.29) is 17.5 Å². The van der Waals surface area contributed by atoms with E-state index in [4.69, 9.17) is 0 Å². The van der Waals surface area contributed by atoms with Crippen LogP contribution in [0, 0.1) is 0 Å². The Morgan fingerprint density at radius 1 is 0.897 bits per heavy atom. The Morgan fingerprint density at radius 2 is 1.52 bits per heavy atom. The molecule has 0 unspecified atom stereocenters. The zero-order valence-electron chi connectivity index (χ0n) is 16.6. The summed E-state index contributed by atoms with van der Waals surface area (Å²) in [7, 11) is 0. The van der Waals surface area contributed by atoms with Gasteiger partial charge in [0.1, 0.15) is 0 Å². The van der Waals surface area contributed by atoms with Gasteiger partial charge in [0.25, 0.3) is 5.91 Å². The summed E-state index contributed by atoms with van der Waals surface area (Å²) in [4.78, 5) is 49.5. The van der Waals surface area contributed by atoms with E-state index in [1.807, 2.05) is 6.07 Å². The molecular weight excluding hydrogens is 368 g/mol. The van der Waals surface area contributed by atoms with Crippen LogP contribution in [-0.2, 0) is 16.0 Å². The van der Waals surface area contributed by atoms with Gasteiger partial charge < -0.3 is 10.2 Å². The van der Waals surface area contributed by atoms with Gasteiger partial charge in [-0.1, -0.05) is 0 Å². The molecule has 2 amide bonds. The molecule has 0 saturated carbocycles. The summed E-state index contributed by atoms with van der Waals surface area (Å²) in [6.07, 6.45) is 1.94. The number of Topliss-reactive ketones (excluding diaryl/α,β-unsaturated/α-hetero) is 2. The Balaban J connectivity index is 1.70. The molecule has 148 valence electrons. The average molecular weight is 390 g/mol. The third-order valence-corrected chi connectivity index (χ3v) is 4.87. The minimum absolute atomic E-state index is 0.0124. The summed E-state index contributed by atoms with van der Waals surface area (Å²) < 4.78 is 0. The maximum Gasteiger partial charge on any atom is 0.254 e. The normalized spacial score (nSPS) is 13.1. The molecule has 3 rings (SSSR count). The topological polar surface area (TPSA) is 83.6 Å². The molecule has 0 saturated heterocycles. The number of hydrogen-bond donors (Lipinski definition) is 1. The highest BCUT2D eigenvalue weighted by molar-refractivity contribution is 6.12. The largest absolute Gasteiger partial charge is 0.323 e. The molecule has 1 aliphatic rings. The van der Waals surface area contributed by atoms with Crippen molar-refractivity contribution in [1.82, 2.24) is 0 Å². The van der Waals surface area contributed by atoms with E-state index in [2.05, 4.69) is 5.32 Å². The summed E-state index contributed by atoms with van der Waals surface area (Å²) in [5.41, 5.74) is 3.76. The van der Waals surface area contributed by atoms with Crippen LogP contribution in [0.1, 0.15) is 47.1 Å². The minimum Gasteiger partial charge on any atom is -0.323 e. The number of anilines is 2. The van der Waals surface area contributed by atoms with Gasteiger partial charge in [0.2, 0.25) is 5.91 Å². The van der Waals surface area contributed by atoms with Crippen molar-refractivity contribution < 1.29 is 19.2 Å². The molecule has 6 nitrogen and oxygen atoms in total. The summed E-state index contributed by atoms with van der Waals surface area (Å²) in [6, 6.07) is 11.9. The molecule has 1 aliphatic heterocycles. The van der Waals surface area contributed by atoms with Gasteiger partial charge in [0, 0.05) is 40.7 Å². The lowest BCUT2D eigenvalue weighted by molar-refractivity contribution is -0.116. The van der Waals surface area contributed by atoms with Gasteiger partial charge in [-0.3, -0.25) is 19.2 Å². The van der Waals surface area contributed by atoms with Gasteiger partial charge in [0.05, 0.1) is 0 Å². The SMILES string of the molecule is CC(=O)c1ccc(NC(=O)/C=C(/C)C(=O)N2CCc3cc(C(C)=O)ccc32)cc1. The Hall–Kier alpha value is -3.54. The predicted molar refractivity (Wildman–Crippen MR) is 111 cm³/mol. The van der Waals surface area contributed by atoms with Crippen LogP contribution in [0.3, 0.4) is 0 Å². The highest BCUT2D eigenvalue weighted by atomic mass is 16.2. The van der Waals surface area contributed by atoms with Crippen molar-refractivity contribution in [2.75, 3.05) is 16.8 Å². The number of carbonyl (C=O) groups excluding carboxylic acids is 4. The lowest BCUT2D eigenvalue weighted by Crippen LogP contribution is -2.30. The molecule has 1 N–H and O–H groups in total. The average Bonchev–Trinajstić information content (AvgIpc) is 3.10. The first-order valence-corrected chi connectivity index (χ1v) is 9.32. The summed E-state index contributed by atoms with van der Waals surface area (Å²) in [5.74, 6) is -0.730. The molecule has 2 aromatic rings. The second-order valence-corrected chi connectivity index (χ2v) is 7.06. The first-order chi connectivity index (χ1) is 13.8. The van der Waals surface area contributed by atoms with E-state index in [1.54, 1.807) is 48.2 Å². The van der Waals surface area contributed by atoms with Gasteiger partial charge in [-0.2, -0.15) is 0 Å². The Morgan fingerprint density at radius 3 is 2.14 bits per heavy atom. The summed E-state index contributed by atoms with van der Waals surface area (Å²) in [5, 5.41) is 2.69. The third-order valence-electron chi connectivity index (χ3n) is 4.87. The predicted octanol–water partition coefficient (Wildman–Crippen LogP) is 3.57. The van der Waals surface area contributed by atoms with Crippen LogP contribution < -0.4 is 10.2 Å². The highest BCUT2D eigenvalue weighted by Gasteiger charge is 2.26. The second kappa shape index (κ2) is 8.22. The van der Waals surface area contributed by atoms with E-state index in [1.165, 1.54) is 19.9 Å². The summed E-state index contributed by atoms with van der Waals surface area (Å²) in [6.45, 7) is 5.10. The second-order valence-electron chi connectivity index (χ2n) is 7.06. The van der Waals surface area contributed by atoms with Crippen LogP contribution in [0.25, 0.3) is 0 Å². The number of carbonyl (C=O) groups is 4. The van der Waals surface area contributed by atoms with Crippen molar-refractivity contribution in [1.29, 1.82) is 0 Å². The van der Waals surface area contributed by atoms with Gasteiger partial charge in [-0.25, -0.2) is 0 Å².